The number of halogens is 1. The number of aryl methyl sites for hydroxylation is 1. The summed E-state index contributed by atoms with van der Waals surface area (Å²) in [6, 6.07) is 6.37. The minimum absolute atomic E-state index is 0.245. The fraction of sp³-hybridized carbons (Fsp3) is 0.500. The fourth-order valence-electron chi connectivity index (χ4n) is 3.81. The minimum Gasteiger partial charge on any atom is -0.337 e. The highest BCUT2D eigenvalue weighted by Crippen LogP contribution is 2.44. The van der Waals surface area contributed by atoms with Crippen LogP contribution >= 0.6 is 15.9 Å². The summed E-state index contributed by atoms with van der Waals surface area (Å²) in [5, 5.41) is 7.75. The first-order valence-corrected chi connectivity index (χ1v) is 8.35. The van der Waals surface area contributed by atoms with E-state index in [1.165, 1.54) is 19.3 Å². The van der Waals surface area contributed by atoms with Crippen LogP contribution in [0.5, 0.6) is 0 Å². The van der Waals surface area contributed by atoms with E-state index in [0.717, 1.165) is 34.0 Å². The Balaban J connectivity index is 1.64. The smallest absolute Gasteiger partial charge is 0.244 e. The summed E-state index contributed by atoms with van der Waals surface area (Å²) in [4.78, 5) is 4.66. The molecule has 21 heavy (non-hydrogen) atoms. The second-order valence-electron chi connectivity index (χ2n) is 6.16. The van der Waals surface area contributed by atoms with Crippen LogP contribution in [-0.2, 0) is 0 Å². The van der Waals surface area contributed by atoms with Gasteiger partial charge >= 0.3 is 0 Å². The predicted octanol–water partition coefficient (Wildman–Crippen LogP) is 3.87. The number of rotatable bonds is 2. The highest BCUT2D eigenvalue weighted by molar-refractivity contribution is 9.10. The first-order chi connectivity index (χ1) is 10.2. The molecule has 1 aliphatic heterocycles. The Labute approximate surface area is 132 Å². The largest absolute Gasteiger partial charge is 0.337 e. The van der Waals surface area contributed by atoms with E-state index in [0.29, 0.717) is 11.7 Å². The molecule has 2 aromatic rings. The van der Waals surface area contributed by atoms with Crippen molar-refractivity contribution >= 4 is 15.9 Å². The van der Waals surface area contributed by atoms with Crippen molar-refractivity contribution in [1.29, 1.82) is 0 Å². The number of benzene rings is 1. The van der Waals surface area contributed by atoms with E-state index in [9.17, 15) is 0 Å². The Hall–Kier alpha value is -1.20. The molecule has 1 aliphatic carbocycles. The quantitative estimate of drug-likeness (QED) is 0.895. The second kappa shape index (κ2) is 5.21. The number of fused-ring (bicyclic) bond motifs is 1. The fourth-order valence-corrected chi connectivity index (χ4v) is 4.28. The Kier molecular flexibility index (Phi) is 3.34. The molecule has 1 saturated carbocycles. The van der Waals surface area contributed by atoms with Crippen LogP contribution in [0.2, 0.25) is 0 Å². The summed E-state index contributed by atoms with van der Waals surface area (Å²) in [7, 11) is 0. The zero-order valence-corrected chi connectivity index (χ0v) is 13.6. The van der Waals surface area contributed by atoms with Gasteiger partial charge in [-0.1, -0.05) is 27.5 Å². The van der Waals surface area contributed by atoms with Crippen LogP contribution in [0.3, 0.4) is 0 Å². The van der Waals surface area contributed by atoms with Gasteiger partial charge < -0.3 is 9.84 Å². The van der Waals surface area contributed by atoms with Crippen molar-refractivity contribution in [2.45, 2.75) is 32.2 Å². The van der Waals surface area contributed by atoms with Crippen molar-refractivity contribution in [1.82, 2.24) is 15.5 Å². The number of hydrogen-bond donors (Lipinski definition) is 1. The molecular weight excluding hydrogens is 330 g/mol. The third kappa shape index (κ3) is 2.32. The molecule has 2 aliphatic rings. The number of aromatic nitrogens is 2. The monoisotopic (exact) mass is 347 g/mol. The zero-order valence-electron chi connectivity index (χ0n) is 12.0. The standard InChI is InChI=1S/C16H18BrN3O/c1-9-7-11(17)5-6-12(9)15-19-16(21-20-15)14-13-4-2-3-10(13)8-18-14/h5-7,10,13-14,18H,2-4,8H2,1H3. The van der Waals surface area contributed by atoms with E-state index in [4.69, 9.17) is 4.52 Å². The van der Waals surface area contributed by atoms with Crippen molar-refractivity contribution in [3.05, 3.63) is 34.1 Å². The lowest BCUT2D eigenvalue weighted by molar-refractivity contribution is 0.302. The summed E-state index contributed by atoms with van der Waals surface area (Å²) >= 11 is 3.48. The molecule has 2 heterocycles. The molecule has 0 amide bonds. The number of hydrogen-bond acceptors (Lipinski definition) is 4. The molecule has 3 atom stereocenters. The summed E-state index contributed by atoms with van der Waals surface area (Å²) in [6.07, 6.45) is 3.94. The first-order valence-electron chi connectivity index (χ1n) is 7.56. The van der Waals surface area contributed by atoms with Gasteiger partial charge in [-0.3, -0.25) is 0 Å². The lowest BCUT2D eigenvalue weighted by Gasteiger charge is -2.13. The highest BCUT2D eigenvalue weighted by Gasteiger charge is 2.42. The van der Waals surface area contributed by atoms with E-state index >= 15 is 0 Å². The van der Waals surface area contributed by atoms with Crippen molar-refractivity contribution in [3.8, 4) is 11.4 Å². The molecule has 2 fully saturated rings. The van der Waals surface area contributed by atoms with Crippen molar-refractivity contribution in [2.75, 3.05) is 6.54 Å². The lowest BCUT2D eigenvalue weighted by Crippen LogP contribution is -2.18. The highest BCUT2D eigenvalue weighted by atomic mass is 79.9. The van der Waals surface area contributed by atoms with Gasteiger partial charge in [-0.05, 0) is 61.9 Å². The van der Waals surface area contributed by atoms with Gasteiger partial charge in [-0.15, -0.1) is 0 Å². The Morgan fingerprint density at radius 1 is 1.33 bits per heavy atom. The predicted molar refractivity (Wildman–Crippen MR) is 83.7 cm³/mol. The van der Waals surface area contributed by atoms with E-state index < -0.39 is 0 Å². The summed E-state index contributed by atoms with van der Waals surface area (Å²) in [6.45, 7) is 3.15. The molecule has 1 aromatic heterocycles. The van der Waals surface area contributed by atoms with Crippen LogP contribution in [-0.4, -0.2) is 16.7 Å². The lowest BCUT2D eigenvalue weighted by atomic mass is 9.94. The molecular formula is C16H18BrN3O. The Bertz CT molecular complexity index is 669. The third-order valence-electron chi connectivity index (χ3n) is 4.88. The second-order valence-corrected chi connectivity index (χ2v) is 7.07. The van der Waals surface area contributed by atoms with Gasteiger partial charge in [0.15, 0.2) is 0 Å². The maximum atomic E-state index is 5.56. The van der Waals surface area contributed by atoms with Gasteiger partial charge in [-0.2, -0.15) is 4.98 Å². The molecule has 1 saturated heterocycles. The normalized spacial score (nSPS) is 28.0. The Morgan fingerprint density at radius 3 is 3.10 bits per heavy atom. The van der Waals surface area contributed by atoms with Crippen molar-refractivity contribution < 1.29 is 4.52 Å². The summed E-state index contributed by atoms with van der Waals surface area (Å²) in [5.41, 5.74) is 2.18. The van der Waals surface area contributed by atoms with E-state index in [-0.39, 0.29) is 6.04 Å². The van der Waals surface area contributed by atoms with Crippen molar-refractivity contribution in [3.63, 3.8) is 0 Å². The average Bonchev–Trinajstić information content (AvgIpc) is 3.13. The molecule has 0 radical (unpaired) electrons. The summed E-state index contributed by atoms with van der Waals surface area (Å²) in [5.74, 6) is 2.91. The van der Waals surface area contributed by atoms with Crippen LogP contribution < -0.4 is 5.32 Å². The van der Waals surface area contributed by atoms with E-state index in [1.54, 1.807) is 0 Å². The van der Waals surface area contributed by atoms with Gasteiger partial charge in [0.05, 0.1) is 6.04 Å². The molecule has 4 nitrogen and oxygen atoms in total. The van der Waals surface area contributed by atoms with Crippen LogP contribution in [0.1, 0.15) is 36.8 Å². The van der Waals surface area contributed by atoms with Crippen LogP contribution in [0.15, 0.2) is 27.2 Å². The van der Waals surface area contributed by atoms with Crippen LogP contribution in [0, 0.1) is 18.8 Å². The molecule has 5 heteroatoms. The third-order valence-corrected chi connectivity index (χ3v) is 5.38. The SMILES string of the molecule is Cc1cc(Br)ccc1-c1noc(C2NCC3CCCC32)n1. The van der Waals surface area contributed by atoms with Gasteiger partial charge in [0, 0.05) is 10.0 Å². The van der Waals surface area contributed by atoms with Crippen LogP contribution in [0.4, 0.5) is 0 Å². The summed E-state index contributed by atoms with van der Waals surface area (Å²) < 4.78 is 6.63. The number of nitrogens with zero attached hydrogens (tertiary/aromatic N) is 2. The average molecular weight is 348 g/mol. The maximum Gasteiger partial charge on any atom is 0.244 e. The molecule has 0 spiro atoms. The van der Waals surface area contributed by atoms with Crippen LogP contribution in [0.25, 0.3) is 11.4 Å². The van der Waals surface area contributed by atoms with Crippen molar-refractivity contribution in [2.24, 2.45) is 11.8 Å². The zero-order chi connectivity index (χ0) is 14.4. The van der Waals surface area contributed by atoms with Gasteiger partial charge in [0.2, 0.25) is 11.7 Å². The molecule has 4 rings (SSSR count). The molecule has 0 bridgehead atoms. The molecule has 1 aromatic carbocycles. The van der Waals surface area contributed by atoms with Gasteiger partial charge in [0.25, 0.3) is 0 Å². The van der Waals surface area contributed by atoms with E-state index in [1.807, 2.05) is 12.1 Å². The topological polar surface area (TPSA) is 51.0 Å². The van der Waals surface area contributed by atoms with E-state index in [2.05, 4.69) is 44.4 Å². The van der Waals surface area contributed by atoms with Gasteiger partial charge in [-0.25, -0.2) is 0 Å². The van der Waals surface area contributed by atoms with Gasteiger partial charge in [0.1, 0.15) is 0 Å². The minimum atomic E-state index is 0.245. The Morgan fingerprint density at radius 2 is 2.24 bits per heavy atom. The molecule has 3 unspecified atom stereocenters. The first kappa shape index (κ1) is 13.5. The number of nitrogens with one attached hydrogen (secondary N) is 1. The maximum absolute atomic E-state index is 5.56. The molecule has 1 N–H and O–H groups in total. The molecule has 110 valence electrons.